The van der Waals surface area contributed by atoms with Gasteiger partial charge in [-0.05, 0) is 25.1 Å². The molecule has 4 N–H and O–H groups in total. The molecule has 5 nitrogen and oxygen atoms in total. The SMILES string of the molecule is NC(=O)C[NH+]1CCN(C(=S)NC2CCCCC2)CC1. The Bertz CT molecular complexity index is 323. The van der Waals surface area contributed by atoms with Crippen LogP contribution in [0.1, 0.15) is 32.1 Å². The zero-order valence-electron chi connectivity index (χ0n) is 11.5. The molecular formula is C13H25N4OS+. The van der Waals surface area contributed by atoms with E-state index in [9.17, 15) is 4.79 Å². The second-order valence-corrected chi connectivity index (χ2v) is 6.05. The Balaban J connectivity index is 1.71. The maximum atomic E-state index is 10.9. The molecule has 0 unspecified atom stereocenters. The van der Waals surface area contributed by atoms with Gasteiger partial charge in [-0.25, -0.2) is 0 Å². The fraction of sp³-hybridized carbons (Fsp3) is 0.846. The lowest BCUT2D eigenvalue weighted by Crippen LogP contribution is -3.15. The zero-order chi connectivity index (χ0) is 13.7. The summed E-state index contributed by atoms with van der Waals surface area (Å²) >= 11 is 5.50. The number of carbonyl (C=O) groups excluding carboxylic acids is 1. The summed E-state index contributed by atoms with van der Waals surface area (Å²) in [5.41, 5.74) is 5.23. The summed E-state index contributed by atoms with van der Waals surface area (Å²) in [5, 5.41) is 4.39. The van der Waals surface area contributed by atoms with E-state index >= 15 is 0 Å². The number of primary amides is 1. The summed E-state index contributed by atoms with van der Waals surface area (Å²) in [4.78, 5) is 14.4. The first kappa shape index (κ1) is 14.5. The number of hydrogen-bond donors (Lipinski definition) is 3. The molecule has 0 radical (unpaired) electrons. The summed E-state index contributed by atoms with van der Waals surface area (Å²) < 4.78 is 0. The van der Waals surface area contributed by atoms with Crippen molar-refractivity contribution in [1.29, 1.82) is 0 Å². The normalized spacial score (nSPS) is 22.2. The van der Waals surface area contributed by atoms with E-state index in [-0.39, 0.29) is 5.91 Å². The average molecular weight is 285 g/mol. The molecule has 0 bridgehead atoms. The first-order valence-corrected chi connectivity index (χ1v) is 7.73. The molecule has 0 aromatic rings. The van der Waals surface area contributed by atoms with E-state index in [1.807, 2.05) is 0 Å². The molecule has 2 rings (SSSR count). The molecule has 1 amide bonds. The van der Waals surface area contributed by atoms with E-state index in [1.165, 1.54) is 37.0 Å². The fourth-order valence-electron chi connectivity index (χ4n) is 2.96. The minimum absolute atomic E-state index is 0.216. The minimum Gasteiger partial charge on any atom is -0.365 e. The van der Waals surface area contributed by atoms with Gasteiger partial charge in [0.2, 0.25) is 0 Å². The molecule has 108 valence electrons. The predicted octanol–water partition coefficient (Wildman–Crippen LogP) is -1.12. The van der Waals surface area contributed by atoms with Crippen LogP contribution in [0.3, 0.4) is 0 Å². The molecule has 1 saturated carbocycles. The summed E-state index contributed by atoms with van der Waals surface area (Å²) in [6.45, 7) is 4.16. The van der Waals surface area contributed by atoms with Gasteiger partial charge in [-0.1, -0.05) is 19.3 Å². The number of nitrogens with one attached hydrogen (secondary N) is 2. The molecule has 1 aliphatic carbocycles. The molecule has 2 fully saturated rings. The zero-order valence-corrected chi connectivity index (χ0v) is 12.3. The topological polar surface area (TPSA) is 62.8 Å². The van der Waals surface area contributed by atoms with Gasteiger partial charge in [0.1, 0.15) is 0 Å². The Morgan fingerprint density at radius 3 is 2.47 bits per heavy atom. The van der Waals surface area contributed by atoms with Crippen molar-refractivity contribution < 1.29 is 9.69 Å². The first-order chi connectivity index (χ1) is 9.15. The van der Waals surface area contributed by atoms with Crippen molar-refractivity contribution in [1.82, 2.24) is 10.2 Å². The van der Waals surface area contributed by atoms with Gasteiger partial charge in [-0.3, -0.25) is 4.79 Å². The number of thiocarbonyl (C=S) groups is 1. The van der Waals surface area contributed by atoms with Crippen molar-refractivity contribution >= 4 is 23.2 Å². The fourth-order valence-corrected chi connectivity index (χ4v) is 3.31. The number of hydrogen-bond acceptors (Lipinski definition) is 2. The number of amides is 1. The van der Waals surface area contributed by atoms with Crippen LogP contribution in [-0.4, -0.2) is 54.7 Å². The molecule has 1 aliphatic heterocycles. The van der Waals surface area contributed by atoms with E-state index in [0.717, 1.165) is 31.3 Å². The van der Waals surface area contributed by atoms with Gasteiger partial charge < -0.3 is 20.9 Å². The number of nitrogens with zero attached hydrogens (tertiary/aromatic N) is 1. The van der Waals surface area contributed by atoms with Crippen LogP contribution in [0.5, 0.6) is 0 Å². The van der Waals surface area contributed by atoms with Crippen molar-refractivity contribution in [3.8, 4) is 0 Å². The third kappa shape index (κ3) is 4.62. The van der Waals surface area contributed by atoms with Gasteiger partial charge in [-0.2, -0.15) is 0 Å². The average Bonchev–Trinajstić information content (AvgIpc) is 2.40. The molecule has 0 atom stereocenters. The highest BCUT2D eigenvalue weighted by atomic mass is 32.1. The standard InChI is InChI=1S/C13H24N4OS/c14-12(18)10-16-6-8-17(9-7-16)13(19)15-11-4-2-1-3-5-11/h11H,1-10H2,(H2,14,18)(H,15,19)/p+1. The largest absolute Gasteiger partial charge is 0.365 e. The van der Waals surface area contributed by atoms with Gasteiger partial charge in [0.25, 0.3) is 5.91 Å². The van der Waals surface area contributed by atoms with Gasteiger partial charge in [0.05, 0.1) is 26.2 Å². The highest BCUT2D eigenvalue weighted by molar-refractivity contribution is 7.80. The Labute approximate surface area is 120 Å². The van der Waals surface area contributed by atoms with E-state index < -0.39 is 0 Å². The Morgan fingerprint density at radius 1 is 1.26 bits per heavy atom. The molecule has 6 heteroatoms. The molecule has 0 aromatic carbocycles. The molecule has 1 heterocycles. The first-order valence-electron chi connectivity index (χ1n) is 7.32. The molecular weight excluding hydrogens is 260 g/mol. The highest BCUT2D eigenvalue weighted by Crippen LogP contribution is 2.17. The van der Waals surface area contributed by atoms with Crippen molar-refractivity contribution in [3.05, 3.63) is 0 Å². The number of nitrogens with two attached hydrogens (primary N) is 1. The van der Waals surface area contributed by atoms with Crippen LogP contribution in [0.2, 0.25) is 0 Å². The van der Waals surface area contributed by atoms with Crippen LogP contribution >= 0.6 is 12.2 Å². The Morgan fingerprint density at radius 2 is 1.89 bits per heavy atom. The number of piperazine rings is 1. The van der Waals surface area contributed by atoms with Crippen LogP contribution < -0.4 is 16.0 Å². The molecule has 19 heavy (non-hydrogen) atoms. The maximum absolute atomic E-state index is 10.9. The Kier molecular flexibility index (Phi) is 5.39. The van der Waals surface area contributed by atoms with Crippen molar-refractivity contribution in [2.75, 3.05) is 32.7 Å². The van der Waals surface area contributed by atoms with Crippen LogP contribution in [0.4, 0.5) is 0 Å². The van der Waals surface area contributed by atoms with E-state index in [4.69, 9.17) is 18.0 Å². The number of rotatable bonds is 3. The lowest BCUT2D eigenvalue weighted by Gasteiger charge is -2.35. The molecule has 1 saturated heterocycles. The van der Waals surface area contributed by atoms with Gasteiger partial charge in [0.15, 0.2) is 11.7 Å². The van der Waals surface area contributed by atoms with Crippen molar-refractivity contribution in [3.63, 3.8) is 0 Å². The lowest BCUT2D eigenvalue weighted by molar-refractivity contribution is -0.895. The summed E-state index contributed by atoms with van der Waals surface area (Å²) in [7, 11) is 0. The van der Waals surface area contributed by atoms with Gasteiger partial charge in [-0.15, -0.1) is 0 Å². The monoisotopic (exact) mass is 285 g/mol. The summed E-state index contributed by atoms with van der Waals surface area (Å²) in [6, 6.07) is 0.567. The van der Waals surface area contributed by atoms with Gasteiger partial charge >= 0.3 is 0 Å². The predicted molar refractivity (Wildman–Crippen MR) is 78.9 cm³/mol. The van der Waals surface area contributed by atoms with Gasteiger partial charge in [0, 0.05) is 6.04 Å². The highest BCUT2D eigenvalue weighted by Gasteiger charge is 2.24. The van der Waals surface area contributed by atoms with Crippen molar-refractivity contribution in [2.24, 2.45) is 5.73 Å². The number of quaternary nitrogens is 1. The number of carbonyl (C=O) groups is 1. The van der Waals surface area contributed by atoms with E-state index in [0.29, 0.717) is 12.6 Å². The van der Waals surface area contributed by atoms with Crippen LogP contribution in [0.15, 0.2) is 0 Å². The lowest BCUT2D eigenvalue weighted by atomic mass is 9.96. The second kappa shape index (κ2) is 7.05. The maximum Gasteiger partial charge on any atom is 0.272 e. The molecule has 0 aromatic heterocycles. The quantitative estimate of drug-likeness (QED) is 0.575. The van der Waals surface area contributed by atoms with E-state index in [2.05, 4.69) is 10.2 Å². The summed E-state index contributed by atoms with van der Waals surface area (Å²) in [6.07, 6.45) is 6.48. The summed E-state index contributed by atoms with van der Waals surface area (Å²) in [5.74, 6) is -0.216. The molecule has 0 spiro atoms. The minimum atomic E-state index is -0.216. The smallest absolute Gasteiger partial charge is 0.272 e. The van der Waals surface area contributed by atoms with Crippen LogP contribution in [0, 0.1) is 0 Å². The third-order valence-electron chi connectivity index (χ3n) is 4.11. The van der Waals surface area contributed by atoms with Crippen molar-refractivity contribution in [2.45, 2.75) is 38.1 Å². The third-order valence-corrected chi connectivity index (χ3v) is 4.49. The Hall–Kier alpha value is -0.880. The van der Waals surface area contributed by atoms with E-state index in [1.54, 1.807) is 0 Å². The second-order valence-electron chi connectivity index (χ2n) is 5.66. The van der Waals surface area contributed by atoms with Crippen LogP contribution in [-0.2, 0) is 4.79 Å². The van der Waals surface area contributed by atoms with Crippen LogP contribution in [0.25, 0.3) is 0 Å². The molecule has 2 aliphatic rings.